The Kier molecular flexibility index (Phi) is 4.82. The smallest absolute Gasteiger partial charge is 0.270 e. The number of hydrogen-bond acceptors (Lipinski definition) is 4. The van der Waals surface area contributed by atoms with Gasteiger partial charge in [0.1, 0.15) is 17.0 Å². The van der Waals surface area contributed by atoms with Gasteiger partial charge >= 0.3 is 0 Å². The molecule has 7 nitrogen and oxygen atoms in total. The van der Waals surface area contributed by atoms with Gasteiger partial charge in [0.2, 0.25) is 0 Å². The molecule has 158 valence electrons. The van der Waals surface area contributed by atoms with Crippen LogP contribution in [0, 0.1) is 6.92 Å². The highest BCUT2D eigenvalue weighted by Gasteiger charge is 2.26. The van der Waals surface area contributed by atoms with Crippen LogP contribution < -0.4 is 5.56 Å². The highest BCUT2D eigenvalue weighted by molar-refractivity contribution is 5.98. The zero-order valence-electron chi connectivity index (χ0n) is 17.8. The number of rotatable bonds is 3. The minimum atomic E-state index is -0.147. The molecule has 3 aromatic heterocycles. The zero-order chi connectivity index (χ0) is 21.5. The average Bonchev–Trinajstić information content (AvgIpc) is 3.12. The number of pyridine rings is 1. The Morgan fingerprint density at radius 3 is 2.48 bits per heavy atom. The highest BCUT2D eigenvalue weighted by Crippen LogP contribution is 2.19. The highest BCUT2D eigenvalue weighted by atomic mass is 16.2. The van der Waals surface area contributed by atoms with Crippen molar-refractivity contribution in [2.75, 3.05) is 26.2 Å². The maximum Gasteiger partial charge on any atom is 0.270 e. The van der Waals surface area contributed by atoms with E-state index in [4.69, 9.17) is 4.98 Å². The van der Waals surface area contributed by atoms with Gasteiger partial charge in [0.05, 0.1) is 5.39 Å². The summed E-state index contributed by atoms with van der Waals surface area (Å²) in [7, 11) is 1.81. The number of fused-ring (bicyclic) bond motifs is 2. The second kappa shape index (κ2) is 7.67. The molecule has 0 bridgehead atoms. The predicted octanol–water partition coefficient (Wildman–Crippen LogP) is 2.45. The number of aryl methyl sites for hydroxylation is 2. The molecular formula is C24H25N5O2. The van der Waals surface area contributed by atoms with Gasteiger partial charge in [-0.2, -0.15) is 0 Å². The molecule has 0 spiro atoms. The van der Waals surface area contributed by atoms with Crippen LogP contribution in [0.15, 0.2) is 59.5 Å². The molecule has 0 N–H and O–H groups in total. The summed E-state index contributed by atoms with van der Waals surface area (Å²) in [5, 5.41) is 0.469. The molecule has 1 fully saturated rings. The van der Waals surface area contributed by atoms with Gasteiger partial charge in [0.25, 0.3) is 11.5 Å². The maximum absolute atomic E-state index is 13.3. The van der Waals surface area contributed by atoms with E-state index in [9.17, 15) is 9.59 Å². The van der Waals surface area contributed by atoms with Gasteiger partial charge in [-0.1, -0.05) is 36.4 Å². The van der Waals surface area contributed by atoms with Crippen molar-refractivity contribution in [2.45, 2.75) is 13.5 Å². The standard InChI is InChI=1S/C24H25N5O2/c1-17-7-6-10-29-21(17)25-22-19(23(29)30)15-20(26(22)2)24(31)28-13-11-27(12-14-28)16-18-8-4-3-5-9-18/h3-10,15H,11-14,16H2,1-2H3. The van der Waals surface area contributed by atoms with Crippen LogP contribution in [0.2, 0.25) is 0 Å². The van der Waals surface area contributed by atoms with E-state index in [0.29, 0.717) is 35.5 Å². The first-order valence-corrected chi connectivity index (χ1v) is 10.6. The van der Waals surface area contributed by atoms with Crippen LogP contribution in [0.1, 0.15) is 21.6 Å². The van der Waals surface area contributed by atoms with Crippen LogP contribution in [0.3, 0.4) is 0 Å². The summed E-state index contributed by atoms with van der Waals surface area (Å²) in [5.41, 5.74) is 3.73. The minimum absolute atomic E-state index is 0.0509. The zero-order valence-corrected chi connectivity index (χ0v) is 17.8. The second-order valence-electron chi connectivity index (χ2n) is 8.18. The van der Waals surface area contributed by atoms with E-state index in [-0.39, 0.29) is 11.5 Å². The monoisotopic (exact) mass is 415 g/mol. The molecule has 5 rings (SSSR count). The van der Waals surface area contributed by atoms with Gasteiger partial charge in [-0.25, -0.2) is 4.98 Å². The molecule has 1 aliphatic heterocycles. The van der Waals surface area contributed by atoms with E-state index in [1.807, 2.05) is 37.1 Å². The molecule has 0 atom stereocenters. The number of aromatic nitrogens is 3. The fraction of sp³-hybridized carbons (Fsp3) is 0.292. The molecule has 4 aromatic rings. The van der Waals surface area contributed by atoms with Crippen LogP contribution in [-0.2, 0) is 13.6 Å². The fourth-order valence-corrected chi connectivity index (χ4v) is 4.35. The third-order valence-electron chi connectivity index (χ3n) is 6.15. The van der Waals surface area contributed by atoms with Crippen molar-refractivity contribution >= 4 is 22.6 Å². The lowest BCUT2D eigenvalue weighted by atomic mass is 10.2. The lowest BCUT2D eigenvalue weighted by molar-refractivity contribution is 0.0619. The van der Waals surface area contributed by atoms with Crippen LogP contribution in [0.25, 0.3) is 16.7 Å². The quantitative estimate of drug-likeness (QED) is 0.516. The van der Waals surface area contributed by atoms with Gasteiger partial charge in [-0.3, -0.25) is 18.9 Å². The van der Waals surface area contributed by atoms with E-state index in [1.165, 1.54) is 5.56 Å². The Labute approximate surface area is 180 Å². The van der Waals surface area contributed by atoms with E-state index in [0.717, 1.165) is 25.2 Å². The molecule has 1 amide bonds. The van der Waals surface area contributed by atoms with Gasteiger partial charge in [-0.05, 0) is 30.2 Å². The van der Waals surface area contributed by atoms with Crippen molar-refractivity contribution in [2.24, 2.45) is 7.05 Å². The molecule has 1 saturated heterocycles. The summed E-state index contributed by atoms with van der Waals surface area (Å²) in [6.07, 6.45) is 1.72. The molecule has 0 saturated carbocycles. The van der Waals surface area contributed by atoms with Crippen molar-refractivity contribution < 1.29 is 4.79 Å². The van der Waals surface area contributed by atoms with E-state index in [2.05, 4.69) is 29.2 Å². The fourth-order valence-electron chi connectivity index (χ4n) is 4.35. The topological polar surface area (TPSA) is 62.9 Å². The van der Waals surface area contributed by atoms with E-state index in [1.54, 1.807) is 21.2 Å². The van der Waals surface area contributed by atoms with Gasteiger partial charge < -0.3 is 9.47 Å². The molecule has 0 radical (unpaired) electrons. The Morgan fingerprint density at radius 1 is 1.00 bits per heavy atom. The third kappa shape index (κ3) is 3.41. The van der Waals surface area contributed by atoms with Crippen molar-refractivity contribution in [3.8, 4) is 0 Å². The first kappa shape index (κ1) is 19.5. The first-order chi connectivity index (χ1) is 15.0. The molecule has 1 aliphatic rings. The molecule has 0 unspecified atom stereocenters. The van der Waals surface area contributed by atoms with Crippen LogP contribution in [0.5, 0.6) is 0 Å². The van der Waals surface area contributed by atoms with Crippen molar-refractivity contribution in [1.82, 2.24) is 23.8 Å². The molecule has 0 aliphatic carbocycles. The normalized spacial score (nSPS) is 15.1. The summed E-state index contributed by atoms with van der Waals surface area (Å²) in [5.74, 6) is -0.0509. The number of hydrogen-bond donors (Lipinski definition) is 0. The number of piperazine rings is 1. The van der Waals surface area contributed by atoms with Gasteiger partial charge in [-0.15, -0.1) is 0 Å². The Hall–Kier alpha value is -3.45. The Balaban J connectivity index is 1.40. The molecule has 1 aromatic carbocycles. The number of nitrogens with zero attached hydrogens (tertiary/aromatic N) is 5. The summed E-state index contributed by atoms with van der Waals surface area (Å²) in [6, 6.07) is 15.8. The summed E-state index contributed by atoms with van der Waals surface area (Å²) >= 11 is 0. The third-order valence-corrected chi connectivity index (χ3v) is 6.15. The first-order valence-electron chi connectivity index (χ1n) is 10.6. The molecule has 7 heteroatoms. The summed E-state index contributed by atoms with van der Waals surface area (Å²) < 4.78 is 3.30. The van der Waals surface area contributed by atoms with Crippen molar-refractivity contribution in [3.63, 3.8) is 0 Å². The SMILES string of the molecule is Cc1cccn2c(=O)c3cc(C(=O)N4CCN(Cc5ccccc5)CC4)n(C)c3nc12. The van der Waals surface area contributed by atoms with E-state index >= 15 is 0 Å². The van der Waals surface area contributed by atoms with Gasteiger partial charge in [0.15, 0.2) is 0 Å². The summed E-state index contributed by atoms with van der Waals surface area (Å²) in [6.45, 7) is 5.81. The second-order valence-corrected chi connectivity index (χ2v) is 8.18. The number of amides is 1. The lowest BCUT2D eigenvalue weighted by Crippen LogP contribution is -2.48. The van der Waals surface area contributed by atoms with E-state index < -0.39 is 0 Å². The Bertz CT molecular complexity index is 1330. The van der Waals surface area contributed by atoms with Crippen molar-refractivity contribution in [3.05, 3.63) is 81.9 Å². The molecule has 4 heterocycles. The van der Waals surface area contributed by atoms with Gasteiger partial charge in [0, 0.05) is 46.0 Å². The average molecular weight is 415 g/mol. The maximum atomic E-state index is 13.3. The molecule has 31 heavy (non-hydrogen) atoms. The molecular weight excluding hydrogens is 390 g/mol. The number of carbonyl (C=O) groups excluding carboxylic acids is 1. The minimum Gasteiger partial charge on any atom is -0.335 e. The lowest BCUT2D eigenvalue weighted by Gasteiger charge is -2.34. The van der Waals surface area contributed by atoms with Crippen LogP contribution >= 0.6 is 0 Å². The number of benzene rings is 1. The Morgan fingerprint density at radius 2 is 1.74 bits per heavy atom. The predicted molar refractivity (Wildman–Crippen MR) is 120 cm³/mol. The van der Waals surface area contributed by atoms with Crippen molar-refractivity contribution in [1.29, 1.82) is 0 Å². The largest absolute Gasteiger partial charge is 0.335 e. The number of carbonyl (C=O) groups is 1. The van der Waals surface area contributed by atoms with Crippen LogP contribution in [-0.4, -0.2) is 55.8 Å². The summed E-state index contributed by atoms with van der Waals surface area (Å²) in [4.78, 5) is 35.2. The van der Waals surface area contributed by atoms with Crippen LogP contribution in [0.4, 0.5) is 0 Å².